The maximum Gasteiger partial charge on any atom is 0.237 e. The number of aromatic nitrogens is 3. The van der Waals surface area contributed by atoms with Crippen LogP contribution in [0.25, 0.3) is 0 Å². The number of rotatable bonds is 7. The summed E-state index contributed by atoms with van der Waals surface area (Å²) < 4.78 is 1.48. The Bertz CT molecular complexity index is 653. The molecule has 0 aliphatic rings. The van der Waals surface area contributed by atoms with Gasteiger partial charge in [-0.05, 0) is 32.4 Å². The molecule has 1 amide bonds. The molecule has 0 aliphatic heterocycles. The van der Waals surface area contributed by atoms with Crippen molar-refractivity contribution in [2.24, 2.45) is 0 Å². The number of unbranched alkanes of at least 4 members (excludes halogenated alkanes) is 1. The fourth-order valence-electron chi connectivity index (χ4n) is 1.99. The lowest BCUT2D eigenvalue weighted by Crippen LogP contribution is -2.23. The molecule has 2 aromatic rings. The van der Waals surface area contributed by atoms with E-state index in [0.717, 1.165) is 36.3 Å². The van der Waals surface area contributed by atoms with Crippen LogP contribution in [-0.2, 0) is 11.2 Å². The van der Waals surface area contributed by atoms with E-state index in [9.17, 15) is 4.79 Å². The van der Waals surface area contributed by atoms with Crippen LogP contribution >= 0.6 is 11.8 Å². The number of thioether (sulfide) groups is 1. The van der Waals surface area contributed by atoms with Crippen LogP contribution in [0, 0.1) is 6.92 Å². The van der Waals surface area contributed by atoms with Crippen LogP contribution in [0.15, 0.2) is 29.4 Å². The Kier molecular flexibility index (Phi) is 6.04. The third-order valence-corrected chi connectivity index (χ3v) is 4.52. The van der Waals surface area contributed by atoms with E-state index < -0.39 is 0 Å². The molecule has 3 N–H and O–H groups in total. The van der Waals surface area contributed by atoms with E-state index in [4.69, 9.17) is 5.84 Å². The highest BCUT2D eigenvalue weighted by Gasteiger charge is 2.19. The van der Waals surface area contributed by atoms with Crippen LogP contribution in [0.1, 0.15) is 38.1 Å². The number of benzene rings is 1. The Balaban J connectivity index is 1.95. The van der Waals surface area contributed by atoms with Crippen molar-refractivity contribution in [1.82, 2.24) is 14.9 Å². The van der Waals surface area contributed by atoms with Gasteiger partial charge in [0, 0.05) is 12.1 Å². The first kappa shape index (κ1) is 17.3. The van der Waals surface area contributed by atoms with Crippen molar-refractivity contribution in [3.8, 4) is 0 Å². The Morgan fingerprint density at radius 1 is 1.35 bits per heavy atom. The van der Waals surface area contributed by atoms with E-state index in [0.29, 0.717) is 5.16 Å². The summed E-state index contributed by atoms with van der Waals surface area (Å²) in [7, 11) is 0. The van der Waals surface area contributed by atoms with Gasteiger partial charge in [-0.2, -0.15) is 0 Å². The topological polar surface area (TPSA) is 85.8 Å². The molecule has 0 unspecified atom stereocenters. The molecule has 0 aliphatic carbocycles. The predicted octanol–water partition coefficient (Wildman–Crippen LogP) is 2.76. The highest BCUT2D eigenvalue weighted by atomic mass is 32.2. The molecule has 7 heteroatoms. The summed E-state index contributed by atoms with van der Waals surface area (Å²) in [6.07, 6.45) is 2.89. The van der Waals surface area contributed by atoms with E-state index in [1.807, 2.05) is 38.1 Å². The third-order valence-electron chi connectivity index (χ3n) is 3.46. The zero-order valence-electron chi connectivity index (χ0n) is 13.7. The summed E-state index contributed by atoms with van der Waals surface area (Å²) in [6, 6.07) is 7.70. The van der Waals surface area contributed by atoms with Gasteiger partial charge in [-0.15, -0.1) is 10.2 Å². The van der Waals surface area contributed by atoms with Gasteiger partial charge in [-0.25, -0.2) is 4.68 Å². The molecule has 23 heavy (non-hydrogen) atoms. The first-order chi connectivity index (χ1) is 11.0. The molecule has 0 spiro atoms. The highest BCUT2D eigenvalue weighted by Crippen LogP contribution is 2.22. The number of aryl methyl sites for hydroxylation is 2. The molecule has 0 saturated carbocycles. The predicted molar refractivity (Wildman–Crippen MR) is 93.9 cm³/mol. The average molecular weight is 333 g/mol. The zero-order chi connectivity index (χ0) is 16.8. The maximum atomic E-state index is 12.3. The molecule has 0 saturated heterocycles. The van der Waals surface area contributed by atoms with Gasteiger partial charge in [0.25, 0.3) is 0 Å². The number of nitrogen functional groups attached to an aromatic ring is 1. The van der Waals surface area contributed by atoms with Gasteiger partial charge in [0.05, 0.1) is 5.25 Å². The molecule has 124 valence electrons. The Morgan fingerprint density at radius 2 is 2.04 bits per heavy atom. The van der Waals surface area contributed by atoms with E-state index in [-0.39, 0.29) is 11.2 Å². The van der Waals surface area contributed by atoms with Crippen molar-refractivity contribution in [3.63, 3.8) is 0 Å². The van der Waals surface area contributed by atoms with E-state index >= 15 is 0 Å². The van der Waals surface area contributed by atoms with Crippen molar-refractivity contribution in [2.45, 2.75) is 50.4 Å². The molecule has 2 rings (SSSR count). The maximum absolute atomic E-state index is 12.3. The van der Waals surface area contributed by atoms with Crippen molar-refractivity contribution < 1.29 is 4.79 Å². The van der Waals surface area contributed by atoms with Crippen molar-refractivity contribution >= 4 is 23.4 Å². The fraction of sp³-hybridized carbons (Fsp3) is 0.438. The minimum atomic E-state index is -0.318. The number of nitrogens with one attached hydrogen (secondary N) is 1. The van der Waals surface area contributed by atoms with Gasteiger partial charge < -0.3 is 11.2 Å². The zero-order valence-corrected chi connectivity index (χ0v) is 14.6. The number of anilines is 1. The van der Waals surface area contributed by atoms with Crippen LogP contribution in [0.2, 0.25) is 0 Å². The van der Waals surface area contributed by atoms with Crippen molar-refractivity contribution in [3.05, 3.63) is 35.7 Å². The molecule has 0 bridgehead atoms. The van der Waals surface area contributed by atoms with Crippen molar-refractivity contribution in [1.29, 1.82) is 0 Å². The number of amides is 1. The first-order valence-corrected chi connectivity index (χ1v) is 8.62. The van der Waals surface area contributed by atoms with Crippen LogP contribution in [0.3, 0.4) is 0 Å². The summed E-state index contributed by atoms with van der Waals surface area (Å²) in [4.78, 5) is 12.3. The highest BCUT2D eigenvalue weighted by molar-refractivity contribution is 8.00. The number of hydrogen-bond acceptors (Lipinski definition) is 5. The number of hydrogen-bond donors (Lipinski definition) is 2. The molecule has 0 fully saturated rings. The van der Waals surface area contributed by atoms with Gasteiger partial charge in [0.15, 0.2) is 5.82 Å². The normalized spacial score (nSPS) is 12.1. The van der Waals surface area contributed by atoms with Gasteiger partial charge in [-0.3, -0.25) is 4.79 Å². The standard InChI is InChI=1S/C16H23N5OS/c1-4-5-6-14-19-20-16(21(14)17)23-12(3)15(22)18-13-9-7-11(2)8-10-13/h7-10,12H,4-6,17H2,1-3H3,(H,18,22)/t12-/m1/s1. The lowest BCUT2D eigenvalue weighted by Gasteiger charge is -2.11. The van der Waals surface area contributed by atoms with Gasteiger partial charge >= 0.3 is 0 Å². The summed E-state index contributed by atoms with van der Waals surface area (Å²) in [5.74, 6) is 6.67. The van der Waals surface area contributed by atoms with Gasteiger partial charge in [0.2, 0.25) is 11.1 Å². The second kappa shape index (κ2) is 8.01. The smallest absolute Gasteiger partial charge is 0.237 e. The molecule has 1 aromatic carbocycles. The van der Waals surface area contributed by atoms with E-state index in [1.54, 1.807) is 0 Å². The first-order valence-electron chi connectivity index (χ1n) is 7.74. The Labute approximate surface area is 140 Å². The second-order valence-corrected chi connectivity index (χ2v) is 6.80. The molecular formula is C16H23N5OS. The van der Waals surface area contributed by atoms with E-state index in [2.05, 4.69) is 22.4 Å². The molecule has 0 radical (unpaired) electrons. The Morgan fingerprint density at radius 3 is 2.70 bits per heavy atom. The van der Waals surface area contributed by atoms with Crippen LogP contribution in [-0.4, -0.2) is 26.0 Å². The average Bonchev–Trinajstić information content (AvgIpc) is 2.88. The number of carbonyl (C=O) groups is 1. The summed E-state index contributed by atoms with van der Waals surface area (Å²) in [6.45, 7) is 5.95. The van der Waals surface area contributed by atoms with Crippen LogP contribution in [0.5, 0.6) is 0 Å². The minimum Gasteiger partial charge on any atom is -0.336 e. The second-order valence-electron chi connectivity index (χ2n) is 5.49. The molecular weight excluding hydrogens is 310 g/mol. The molecule has 1 heterocycles. The number of nitrogens with zero attached hydrogens (tertiary/aromatic N) is 3. The number of carbonyl (C=O) groups excluding carboxylic acids is 1. The minimum absolute atomic E-state index is 0.0861. The summed E-state index contributed by atoms with van der Waals surface area (Å²) >= 11 is 1.31. The largest absolute Gasteiger partial charge is 0.336 e. The fourth-order valence-corrected chi connectivity index (χ4v) is 2.77. The molecule has 6 nitrogen and oxygen atoms in total. The lowest BCUT2D eigenvalue weighted by molar-refractivity contribution is -0.115. The van der Waals surface area contributed by atoms with E-state index in [1.165, 1.54) is 16.4 Å². The van der Waals surface area contributed by atoms with Gasteiger partial charge in [0.1, 0.15) is 0 Å². The van der Waals surface area contributed by atoms with Crippen molar-refractivity contribution in [2.75, 3.05) is 11.2 Å². The Hall–Kier alpha value is -2.02. The monoisotopic (exact) mass is 333 g/mol. The third kappa shape index (κ3) is 4.72. The number of nitrogens with two attached hydrogens (primary N) is 1. The van der Waals surface area contributed by atoms with Gasteiger partial charge in [-0.1, -0.05) is 42.8 Å². The quantitative estimate of drug-likeness (QED) is 0.601. The summed E-state index contributed by atoms with van der Waals surface area (Å²) in [5, 5.41) is 11.3. The van der Waals surface area contributed by atoms with Crippen LogP contribution in [0.4, 0.5) is 5.69 Å². The lowest BCUT2D eigenvalue weighted by atomic mass is 10.2. The molecule has 1 aromatic heterocycles. The molecule has 1 atom stereocenters. The summed E-state index contributed by atoms with van der Waals surface area (Å²) in [5.41, 5.74) is 1.94. The van der Waals surface area contributed by atoms with Crippen LogP contribution < -0.4 is 11.2 Å². The SMILES string of the molecule is CCCCc1nnc(S[C@H](C)C(=O)Nc2ccc(C)cc2)n1N.